The molecule has 3 aromatic heterocycles. The first-order valence-electron chi connectivity index (χ1n) is 7.25. The Bertz CT molecular complexity index is 973. The fourth-order valence-electron chi connectivity index (χ4n) is 2.46. The average Bonchev–Trinajstić information content (AvgIpc) is 3.34. The summed E-state index contributed by atoms with van der Waals surface area (Å²) >= 11 is 1.58. The minimum absolute atomic E-state index is 0.373. The molecule has 6 nitrogen and oxygen atoms in total. The van der Waals surface area contributed by atoms with Crippen LogP contribution in [-0.2, 0) is 0 Å². The van der Waals surface area contributed by atoms with E-state index in [1.807, 2.05) is 48.7 Å². The molecule has 0 fully saturated rings. The van der Waals surface area contributed by atoms with Gasteiger partial charge < -0.3 is 13.7 Å². The summed E-state index contributed by atoms with van der Waals surface area (Å²) in [6.45, 7) is 1.83. The SMILES string of the molecule is COc1ccccc1-c1nnc(-c2c(-c3cccs3)noc2C)o1. The predicted octanol–water partition coefficient (Wildman–Crippen LogP) is 4.44. The number of methoxy groups -OCH3 is 1. The van der Waals surface area contributed by atoms with Gasteiger partial charge in [0.2, 0.25) is 0 Å². The number of benzene rings is 1. The molecular weight excluding hydrogens is 326 g/mol. The molecule has 0 aliphatic rings. The number of aromatic nitrogens is 3. The highest BCUT2D eigenvalue weighted by Gasteiger charge is 2.23. The highest BCUT2D eigenvalue weighted by molar-refractivity contribution is 7.13. The van der Waals surface area contributed by atoms with Gasteiger partial charge in [-0.05, 0) is 30.5 Å². The van der Waals surface area contributed by atoms with E-state index >= 15 is 0 Å². The second kappa shape index (κ2) is 5.93. The number of thiophene rings is 1. The first-order chi connectivity index (χ1) is 11.8. The van der Waals surface area contributed by atoms with E-state index in [2.05, 4.69) is 15.4 Å². The summed E-state index contributed by atoms with van der Waals surface area (Å²) in [6.07, 6.45) is 0. The lowest BCUT2D eigenvalue weighted by atomic mass is 10.1. The molecule has 4 aromatic rings. The Morgan fingerprint density at radius 1 is 1.04 bits per heavy atom. The van der Waals surface area contributed by atoms with Crippen LogP contribution in [0.25, 0.3) is 33.5 Å². The Morgan fingerprint density at radius 3 is 2.67 bits per heavy atom. The molecule has 0 amide bonds. The smallest absolute Gasteiger partial charge is 0.254 e. The number of aryl methyl sites for hydroxylation is 1. The van der Waals surface area contributed by atoms with Crippen LogP contribution in [0.15, 0.2) is 50.7 Å². The lowest BCUT2D eigenvalue weighted by Crippen LogP contribution is -1.87. The molecule has 0 saturated carbocycles. The molecule has 0 aliphatic carbocycles. The van der Waals surface area contributed by atoms with E-state index in [9.17, 15) is 0 Å². The summed E-state index contributed by atoms with van der Waals surface area (Å²) in [4.78, 5) is 0.985. The summed E-state index contributed by atoms with van der Waals surface area (Å²) in [7, 11) is 1.61. The van der Waals surface area contributed by atoms with Crippen LogP contribution in [0.1, 0.15) is 5.76 Å². The van der Waals surface area contributed by atoms with Gasteiger partial charge in [-0.2, -0.15) is 0 Å². The summed E-state index contributed by atoms with van der Waals surface area (Å²) < 4.78 is 16.6. The van der Waals surface area contributed by atoms with Crippen molar-refractivity contribution < 1.29 is 13.7 Å². The van der Waals surface area contributed by atoms with E-state index in [1.165, 1.54) is 0 Å². The first-order valence-corrected chi connectivity index (χ1v) is 8.13. The summed E-state index contributed by atoms with van der Waals surface area (Å²) in [5.41, 5.74) is 2.16. The molecular formula is C17H13N3O3S. The molecule has 0 radical (unpaired) electrons. The van der Waals surface area contributed by atoms with Crippen LogP contribution in [-0.4, -0.2) is 22.5 Å². The molecule has 0 spiro atoms. The van der Waals surface area contributed by atoms with Crippen molar-refractivity contribution in [3.8, 4) is 39.2 Å². The Kier molecular flexibility index (Phi) is 3.62. The molecule has 0 saturated heterocycles. The van der Waals surface area contributed by atoms with Crippen molar-refractivity contribution in [1.82, 2.24) is 15.4 Å². The molecule has 120 valence electrons. The van der Waals surface area contributed by atoms with Crippen molar-refractivity contribution in [2.45, 2.75) is 6.92 Å². The van der Waals surface area contributed by atoms with E-state index in [1.54, 1.807) is 18.4 Å². The predicted molar refractivity (Wildman–Crippen MR) is 89.8 cm³/mol. The number of hydrogen-bond acceptors (Lipinski definition) is 7. The lowest BCUT2D eigenvalue weighted by Gasteiger charge is -2.03. The topological polar surface area (TPSA) is 74.2 Å². The van der Waals surface area contributed by atoms with Crippen LogP contribution >= 0.6 is 11.3 Å². The van der Waals surface area contributed by atoms with Gasteiger partial charge in [0.25, 0.3) is 11.8 Å². The Labute approximate surface area is 141 Å². The molecule has 0 unspecified atom stereocenters. The van der Waals surface area contributed by atoms with Crippen molar-refractivity contribution in [2.75, 3.05) is 7.11 Å². The fourth-order valence-corrected chi connectivity index (χ4v) is 3.17. The van der Waals surface area contributed by atoms with Crippen LogP contribution in [0.3, 0.4) is 0 Å². The zero-order chi connectivity index (χ0) is 16.5. The van der Waals surface area contributed by atoms with Crippen LogP contribution in [0.5, 0.6) is 5.75 Å². The van der Waals surface area contributed by atoms with Crippen LogP contribution in [0, 0.1) is 6.92 Å². The van der Waals surface area contributed by atoms with E-state index in [-0.39, 0.29) is 0 Å². The summed E-state index contributed by atoms with van der Waals surface area (Å²) in [6, 6.07) is 11.4. The quantitative estimate of drug-likeness (QED) is 0.547. The standard InChI is InChI=1S/C17H13N3O3S/c1-10-14(15(20-23-10)13-8-5-9-24-13)17-19-18-16(22-17)11-6-3-4-7-12(11)21-2/h3-9H,1-2H3. The Balaban J connectivity index is 1.81. The average molecular weight is 339 g/mol. The van der Waals surface area contributed by atoms with Crippen molar-refractivity contribution in [3.05, 3.63) is 47.5 Å². The maximum absolute atomic E-state index is 5.88. The van der Waals surface area contributed by atoms with Gasteiger partial charge in [-0.1, -0.05) is 23.4 Å². The van der Waals surface area contributed by atoms with Crippen LogP contribution < -0.4 is 4.74 Å². The highest BCUT2D eigenvalue weighted by Crippen LogP contribution is 2.37. The van der Waals surface area contributed by atoms with Crippen LogP contribution in [0.4, 0.5) is 0 Å². The van der Waals surface area contributed by atoms with Crippen molar-refractivity contribution >= 4 is 11.3 Å². The fraction of sp³-hybridized carbons (Fsp3) is 0.118. The molecule has 0 atom stereocenters. The normalized spacial score (nSPS) is 10.9. The third-order valence-corrected chi connectivity index (χ3v) is 4.47. The van der Waals surface area contributed by atoms with Crippen LogP contribution in [0.2, 0.25) is 0 Å². The second-order valence-corrected chi connectivity index (χ2v) is 6.00. The van der Waals surface area contributed by atoms with Gasteiger partial charge in [0.1, 0.15) is 22.8 Å². The third-order valence-electron chi connectivity index (χ3n) is 3.59. The molecule has 24 heavy (non-hydrogen) atoms. The molecule has 4 rings (SSSR count). The van der Waals surface area contributed by atoms with Crippen molar-refractivity contribution in [3.63, 3.8) is 0 Å². The maximum Gasteiger partial charge on any atom is 0.254 e. The zero-order valence-electron chi connectivity index (χ0n) is 13.0. The van der Waals surface area contributed by atoms with E-state index in [4.69, 9.17) is 13.7 Å². The Hall–Kier alpha value is -2.93. The molecule has 1 aromatic carbocycles. The minimum Gasteiger partial charge on any atom is -0.496 e. The van der Waals surface area contributed by atoms with E-state index in [0.29, 0.717) is 34.5 Å². The largest absolute Gasteiger partial charge is 0.496 e. The Morgan fingerprint density at radius 2 is 1.88 bits per heavy atom. The van der Waals surface area contributed by atoms with Crippen molar-refractivity contribution in [1.29, 1.82) is 0 Å². The lowest BCUT2D eigenvalue weighted by molar-refractivity contribution is 0.399. The number of nitrogens with zero attached hydrogens (tertiary/aromatic N) is 3. The molecule has 7 heteroatoms. The molecule has 3 heterocycles. The first kappa shape index (κ1) is 14.6. The minimum atomic E-state index is 0.373. The molecule has 0 aliphatic heterocycles. The molecule has 0 bridgehead atoms. The monoisotopic (exact) mass is 339 g/mol. The summed E-state index contributed by atoms with van der Waals surface area (Å²) in [5, 5.41) is 14.4. The number of ether oxygens (including phenoxy) is 1. The van der Waals surface area contributed by atoms with Gasteiger partial charge in [0.05, 0.1) is 17.6 Å². The van der Waals surface area contributed by atoms with Crippen molar-refractivity contribution in [2.24, 2.45) is 0 Å². The van der Waals surface area contributed by atoms with E-state index in [0.717, 1.165) is 10.4 Å². The third kappa shape index (κ3) is 2.39. The van der Waals surface area contributed by atoms with E-state index < -0.39 is 0 Å². The number of para-hydroxylation sites is 1. The van der Waals surface area contributed by atoms with Gasteiger partial charge in [-0.25, -0.2) is 0 Å². The second-order valence-electron chi connectivity index (χ2n) is 5.05. The van der Waals surface area contributed by atoms with Gasteiger partial charge in [0, 0.05) is 0 Å². The zero-order valence-corrected chi connectivity index (χ0v) is 13.8. The highest BCUT2D eigenvalue weighted by atomic mass is 32.1. The summed E-state index contributed by atoms with van der Waals surface area (Å²) in [5.74, 6) is 2.07. The molecule has 0 N–H and O–H groups in total. The van der Waals surface area contributed by atoms with Gasteiger partial charge in [-0.3, -0.25) is 0 Å². The number of rotatable bonds is 4. The van der Waals surface area contributed by atoms with Gasteiger partial charge in [0.15, 0.2) is 0 Å². The van der Waals surface area contributed by atoms with Gasteiger partial charge in [-0.15, -0.1) is 21.5 Å². The maximum atomic E-state index is 5.88. The van der Waals surface area contributed by atoms with Gasteiger partial charge >= 0.3 is 0 Å². The number of hydrogen-bond donors (Lipinski definition) is 0.